The Bertz CT molecular complexity index is 751. The molecule has 0 aliphatic carbocycles. The molecular weight excluding hydrogens is 346 g/mol. The number of benzene rings is 2. The molecule has 0 bridgehead atoms. The largest absolute Gasteiger partial charge is 0.480 e. The lowest BCUT2D eigenvalue weighted by Gasteiger charge is -2.16. The van der Waals surface area contributed by atoms with Gasteiger partial charge in [0.1, 0.15) is 6.04 Å². The Hall–Kier alpha value is -2.27. The van der Waals surface area contributed by atoms with Crippen molar-refractivity contribution in [1.82, 2.24) is 5.32 Å². The number of carboxylic acids is 1. The van der Waals surface area contributed by atoms with Gasteiger partial charge in [-0.2, -0.15) is 11.8 Å². The molecule has 0 fully saturated rings. The minimum Gasteiger partial charge on any atom is -0.480 e. The lowest BCUT2D eigenvalue weighted by Crippen LogP contribution is -2.43. The molecule has 0 heterocycles. The van der Waals surface area contributed by atoms with Crippen LogP contribution in [-0.4, -0.2) is 28.8 Å². The molecule has 0 aliphatic rings. The average Bonchev–Trinajstić information content (AvgIpc) is 2.58. The first kappa shape index (κ1) is 20.0. The molecule has 0 radical (unpaired) electrons. The molecular formula is C21H25NO3S. The van der Waals surface area contributed by atoms with Crippen molar-refractivity contribution in [1.29, 1.82) is 0 Å². The van der Waals surface area contributed by atoms with Gasteiger partial charge in [-0.1, -0.05) is 48.0 Å². The van der Waals surface area contributed by atoms with Crippen LogP contribution in [0.15, 0.2) is 42.5 Å². The number of carbonyl (C=O) groups is 2. The predicted molar refractivity (Wildman–Crippen MR) is 107 cm³/mol. The second-order valence-corrected chi connectivity index (χ2v) is 7.54. The van der Waals surface area contributed by atoms with Crippen LogP contribution in [0.4, 0.5) is 0 Å². The van der Waals surface area contributed by atoms with E-state index in [1.807, 2.05) is 63.2 Å². The molecule has 5 heteroatoms. The molecule has 1 atom stereocenters. The fourth-order valence-corrected chi connectivity index (χ4v) is 3.95. The normalized spacial score (nSPS) is 11.8. The molecule has 2 aromatic carbocycles. The van der Waals surface area contributed by atoms with Crippen molar-refractivity contribution < 1.29 is 14.7 Å². The van der Waals surface area contributed by atoms with Crippen LogP contribution in [0.1, 0.15) is 27.8 Å². The number of nitrogens with one attached hydrogen (secondary N) is 1. The molecule has 0 saturated carbocycles. The zero-order valence-corrected chi connectivity index (χ0v) is 16.2. The summed E-state index contributed by atoms with van der Waals surface area (Å²) in [6.07, 6.45) is 0.199. The highest BCUT2D eigenvalue weighted by Gasteiger charge is 2.20. The summed E-state index contributed by atoms with van der Waals surface area (Å²) in [7, 11) is 0. The van der Waals surface area contributed by atoms with Crippen LogP contribution < -0.4 is 5.32 Å². The second-order valence-electron chi connectivity index (χ2n) is 6.51. The Kier molecular flexibility index (Phi) is 7.27. The van der Waals surface area contributed by atoms with Crippen molar-refractivity contribution in [2.45, 2.75) is 39.0 Å². The van der Waals surface area contributed by atoms with E-state index in [1.165, 1.54) is 11.8 Å². The predicted octanol–water partition coefficient (Wildman–Crippen LogP) is 3.66. The third-order valence-electron chi connectivity index (χ3n) is 4.21. The molecule has 2 N–H and O–H groups in total. The zero-order valence-electron chi connectivity index (χ0n) is 15.4. The van der Waals surface area contributed by atoms with E-state index in [-0.39, 0.29) is 12.3 Å². The van der Waals surface area contributed by atoms with Crippen molar-refractivity contribution in [2.75, 3.05) is 5.75 Å². The fraction of sp³-hybridized carbons (Fsp3) is 0.333. The van der Waals surface area contributed by atoms with E-state index in [0.29, 0.717) is 5.75 Å². The highest BCUT2D eigenvalue weighted by molar-refractivity contribution is 7.98. The van der Waals surface area contributed by atoms with Crippen LogP contribution in [0, 0.1) is 20.8 Å². The molecule has 2 rings (SSSR count). The van der Waals surface area contributed by atoms with E-state index in [1.54, 1.807) is 0 Å². The van der Waals surface area contributed by atoms with Gasteiger partial charge in [-0.05, 0) is 43.0 Å². The smallest absolute Gasteiger partial charge is 0.327 e. The number of aryl methyl sites for hydroxylation is 3. The molecule has 0 unspecified atom stereocenters. The first-order chi connectivity index (χ1) is 12.4. The SMILES string of the molecule is Cc1cc(C)c(CC(=O)N[C@@H](CSCc2ccccc2)C(=O)O)c(C)c1. The molecule has 26 heavy (non-hydrogen) atoms. The van der Waals surface area contributed by atoms with Gasteiger partial charge in [-0.3, -0.25) is 4.79 Å². The van der Waals surface area contributed by atoms with Gasteiger partial charge < -0.3 is 10.4 Å². The molecule has 0 spiro atoms. The number of hydrogen-bond donors (Lipinski definition) is 2. The van der Waals surface area contributed by atoms with Crippen molar-refractivity contribution in [3.8, 4) is 0 Å². The van der Waals surface area contributed by atoms with Crippen molar-refractivity contribution in [2.24, 2.45) is 0 Å². The van der Waals surface area contributed by atoms with Gasteiger partial charge in [0.2, 0.25) is 5.91 Å². The zero-order chi connectivity index (χ0) is 19.1. The minimum atomic E-state index is -1.00. The Balaban J connectivity index is 1.92. The summed E-state index contributed by atoms with van der Waals surface area (Å²) in [5.74, 6) is -0.206. The maximum atomic E-state index is 12.4. The molecule has 1 amide bonds. The van der Waals surface area contributed by atoms with Gasteiger partial charge in [-0.15, -0.1) is 0 Å². The van der Waals surface area contributed by atoms with Crippen LogP contribution in [0.25, 0.3) is 0 Å². The Morgan fingerprint density at radius 2 is 1.69 bits per heavy atom. The van der Waals surface area contributed by atoms with Crippen molar-refractivity contribution in [3.05, 3.63) is 70.3 Å². The summed E-state index contributed by atoms with van der Waals surface area (Å²) >= 11 is 1.50. The first-order valence-corrected chi connectivity index (χ1v) is 9.73. The summed E-state index contributed by atoms with van der Waals surface area (Å²) in [4.78, 5) is 23.8. The lowest BCUT2D eigenvalue weighted by atomic mass is 9.97. The van der Waals surface area contributed by atoms with E-state index in [4.69, 9.17) is 0 Å². The van der Waals surface area contributed by atoms with Crippen molar-refractivity contribution >= 4 is 23.6 Å². The number of rotatable bonds is 8. The summed E-state index contributed by atoms with van der Waals surface area (Å²) in [6, 6.07) is 13.1. The Labute approximate surface area is 159 Å². The van der Waals surface area contributed by atoms with Gasteiger partial charge in [0, 0.05) is 11.5 Å². The quantitative estimate of drug-likeness (QED) is 0.743. The number of amides is 1. The summed E-state index contributed by atoms with van der Waals surface area (Å²) < 4.78 is 0. The number of carbonyl (C=O) groups excluding carboxylic acids is 1. The third kappa shape index (κ3) is 5.92. The summed E-state index contributed by atoms with van der Waals surface area (Å²) in [5, 5.41) is 12.1. The van der Waals surface area contributed by atoms with E-state index in [0.717, 1.165) is 33.6 Å². The van der Waals surface area contributed by atoms with Crippen LogP contribution >= 0.6 is 11.8 Å². The highest BCUT2D eigenvalue weighted by Crippen LogP contribution is 2.17. The van der Waals surface area contributed by atoms with Gasteiger partial charge in [0.25, 0.3) is 0 Å². The number of carboxylic acid groups (broad SMARTS) is 1. The van der Waals surface area contributed by atoms with E-state index in [2.05, 4.69) is 5.32 Å². The number of hydrogen-bond acceptors (Lipinski definition) is 3. The number of aliphatic carboxylic acids is 1. The Morgan fingerprint density at radius 1 is 1.08 bits per heavy atom. The first-order valence-electron chi connectivity index (χ1n) is 8.57. The lowest BCUT2D eigenvalue weighted by molar-refractivity contribution is -0.141. The van der Waals surface area contributed by atoms with E-state index in [9.17, 15) is 14.7 Å². The van der Waals surface area contributed by atoms with Crippen LogP contribution in [0.2, 0.25) is 0 Å². The monoisotopic (exact) mass is 371 g/mol. The summed E-state index contributed by atoms with van der Waals surface area (Å²) in [6.45, 7) is 5.98. The van der Waals surface area contributed by atoms with E-state index >= 15 is 0 Å². The van der Waals surface area contributed by atoms with Gasteiger partial charge in [0.15, 0.2) is 0 Å². The van der Waals surface area contributed by atoms with Gasteiger partial charge >= 0.3 is 5.97 Å². The van der Waals surface area contributed by atoms with Crippen molar-refractivity contribution in [3.63, 3.8) is 0 Å². The summed E-state index contributed by atoms with van der Waals surface area (Å²) in [5.41, 5.74) is 5.38. The maximum absolute atomic E-state index is 12.4. The molecule has 2 aromatic rings. The van der Waals surface area contributed by atoms with Crippen LogP contribution in [0.3, 0.4) is 0 Å². The molecule has 138 valence electrons. The molecule has 0 aromatic heterocycles. The topological polar surface area (TPSA) is 66.4 Å². The molecule has 0 aliphatic heterocycles. The minimum absolute atomic E-state index is 0.199. The van der Waals surface area contributed by atoms with E-state index < -0.39 is 12.0 Å². The Morgan fingerprint density at radius 3 is 2.27 bits per heavy atom. The van der Waals surface area contributed by atoms with Gasteiger partial charge in [0.05, 0.1) is 6.42 Å². The molecule has 4 nitrogen and oxygen atoms in total. The van der Waals surface area contributed by atoms with Crippen LogP contribution in [-0.2, 0) is 21.8 Å². The molecule has 0 saturated heterocycles. The average molecular weight is 372 g/mol. The van der Waals surface area contributed by atoms with Gasteiger partial charge in [-0.25, -0.2) is 4.79 Å². The third-order valence-corrected chi connectivity index (χ3v) is 5.31. The number of thioether (sulfide) groups is 1. The standard InChI is InChI=1S/C21H25NO3S/c1-14-9-15(2)18(16(3)10-14)11-20(23)22-19(21(24)25)13-26-12-17-7-5-4-6-8-17/h4-10,19H,11-13H2,1-3H3,(H,22,23)(H,24,25)/t19-/m0/s1. The fourth-order valence-electron chi connectivity index (χ4n) is 2.94. The maximum Gasteiger partial charge on any atom is 0.327 e. The second kappa shape index (κ2) is 9.43. The highest BCUT2D eigenvalue weighted by atomic mass is 32.2. The van der Waals surface area contributed by atoms with Crippen LogP contribution in [0.5, 0.6) is 0 Å².